The third kappa shape index (κ3) is 3.41. The van der Waals surface area contributed by atoms with Gasteiger partial charge in [-0.3, -0.25) is 0 Å². The van der Waals surface area contributed by atoms with Gasteiger partial charge in [0.1, 0.15) is 11.5 Å². The first-order valence-electron chi connectivity index (χ1n) is 6.66. The highest BCUT2D eigenvalue weighted by Crippen LogP contribution is 2.32. The summed E-state index contributed by atoms with van der Waals surface area (Å²) >= 11 is 0. The molecule has 0 saturated carbocycles. The molecule has 1 aromatic heterocycles. The molecule has 6 heteroatoms. The normalized spacial score (nSPS) is 10.3. The molecule has 0 atom stereocenters. The average molecular weight is 288 g/mol. The van der Waals surface area contributed by atoms with Gasteiger partial charge in [-0.25, -0.2) is 9.97 Å². The number of hydrogen-bond acceptors (Lipinski definition) is 6. The number of anilines is 1. The molecule has 0 spiro atoms. The lowest BCUT2D eigenvalue weighted by Crippen LogP contribution is -2.26. The minimum Gasteiger partial charge on any atom is -0.497 e. The molecule has 0 fully saturated rings. The van der Waals surface area contributed by atoms with Crippen LogP contribution in [0.1, 0.15) is 0 Å². The Morgan fingerprint density at radius 3 is 2.67 bits per heavy atom. The summed E-state index contributed by atoms with van der Waals surface area (Å²) in [6, 6.07) is 7.49. The molecule has 0 aliphatic carbocycles. The minimum absolute atomic E-state index is 0.552. The van der Waals surface area contributed by atoms with Crippen molar-refractivity contribution in [1.29, 1.82) is 0 Å². The zero-order valence-electron chi connectivity index (χ0n) is 12.5. The first kappa shape index (κ1) is 15.1. The van der Waals surface area contributed by atoms with E-state index >= 15 is 0 Å². The standard InChI is InChI=1S/C15H20N4O2/c1-19(9-7-16)15-17-8-6-13(18-15)12-5-4-11(20-2)10-14(12)21-3/h4-6,8,10H,7,9,16H2,1-3H3. The van der Waals surface area contributed by atoms with Crippen LogP contribution in [-0.2, 0) is 0 Å². The van der Waals surface area contributed by atoms with Crippen LogP contribution in [0.3, 0.4) is 0 Å². The molecular formula is C15H20N4O2. The smallest absolute Gasteiger partial charge is 0.225 e. The molecule has 2 aromatic rings. The van der Waals surface area contributed by atoms with E-state index in [1.807, 2.05) is 36.2 Å². The summed E-state index contributed by atoms with van der Waals surface area (Å²) in [5.74, 6) is 2.08. The van der Waals surface area contributed by atoms with Gasteiger partial charge in [0.05, 0.1) is 19.9 Å². The summed E-state index contributed by atoms with van der Waals surface area (Å²) in [7, 11) is 5.16. The SMILES string of the molecule is COc1ccc(-c2ccnc(N(C)CCN)n2)c(OC)c1. The maximum atomic E-state index is 5.56. The molecule has 0 amide bonds. The first-order valence-corrected chi connectivity index (χ1v) is 6.66. The number of likely N-dealkylation sites (N-methyl/N-ethyl adjacent to an activating group) is 1. The van der Waals surface area contributed by atoms with E-state index in [0.717, 1.165) is 17.0 Å². The van der Waals surface area contributed by atoms with Gasteiger partial charge in [-0.15, -0.1) is 0 Å². The molecule has 6 nitrogen and oxygen atoms in total. The number of ether oxygens (including phenoxy) is 2. The molecular weight excluding hydrogens is 268 g/mol. The van der Waals surface area contributed by atoms with E-state index in [-0.39, 0.29) is 0 Å². The van der Waals surface area contributed by atoms with Gasteiger partial charge in [0.25, 0.3) is 0 Å². The van der Waals surface area contributed by atoms with E-state index in [2.05, 4.69) is 9.97 Å². The molecule has 1 heterocycles. The Morgan fingerprint density at radius 2 is 2.00 bits per heavy atom. The second-order valence-electron chi connectivity index (χ2n) is 4.52. The van der Waals surface area contributed by atoms with Crippen LogP contribution in [0.2, 0.25) is 0 Å². The largest absolute Gasteiger partial charge is 0.497 e. The van der Waals surface area contributed by atoms with Gasteiger partial charge in [-0.05, 0) is 18.2 Å². The number of rotatable bonds is 6. The van der Waals surface area contributed by atoms with Crippen LogP contribution in [0.4, 0.5) is 5.95 Å². The Morgan fingerprint density at radius 1 is 1.19 bits per heavy atom. The predicted molar refractivity (Wildman–Crippen MR) is 82.9 cm³/mol. The Labute approximate surface area is 124 Å². The number of methoxy groups -OCH3 is 2. The van der Waals surface area contributed by atoms with Crippen molar-refractivity contribution in [2.75, 3.05) is 39.3 Å². The molecule has 112 valence electrons. The zero-order valence-corrected chi connectivity index (χ0v) is 12.5. The highest BCUT2D eigenvalue weighted by molar-refractivity contribution is 5.69. The van der Waals surface area contributed by atoms with Crippen molar-refractivity contribution in [3.8, 4) is 22.8 Å². The van der Waals surface area contributed by atoms with Gasteiger partial charge >= 0.3 is 0 Å². The minimum atomic E-state index is 0.552. The van der Waals surface area contributed by atoms with Crippen molar-refractivity contribution in [2.45, 2.75) is 0 Å². The van der Waals surface area contributed by atoms with E-state index in [9.17, 15) is 0 Å². The van der Waals surface area contributed by atoms with Crippen LogP contribution in [0.5, 0.6) is 11.5 Å². The lowest BCUT2D eigenvalue weighted by Gasteiger charge is -2.17. The van der Waals surface area contributed by atoms with Crippen LogP contribution in [-0.4, -0.2) is 44.3 Å². The third-order valence-electron chi connectivity index (χ3n) is 3.13. The van der Waals surface area contributed by atoms with Crippen molar-refractivity contribution in [2.24, 2.45) is 5.73 Å². The third-order valence-corrected chi connectivity index (χ3v) is 3.13. The molecule has 2 rings (SSSR count). The monoisotopic (exact) mass is 288 g/mol. The molecule has 0 bridgehead atoms. The fraction of sp³-hybridized carbons (Fsp3) is 0.333. The summed E-state index contributed by atoms with van der Waals surface area (Å²) in [6.45, 7) is 1.25. The molecule has 0 aliphatic rings. The molecule has 0 unspecified atom stereocenters. The van der Waals surface area contributed by atoms with Crippen molar-refractivity contribution in [3.05, 3.63) is 30.5 Å². The number of hydrogen-bond donors (Lipinski definition) is 1. The lowest BCUT2D eigenvalue weighted by molar-refractivity contribution is 0.395. The summed E-state index contributed by atoms with van der Waals surface area (Å²) in [5.41, 5.74) is 7.25. The summed E-state index contributed by atoms with van der Waals surface area (Å²) in [6.07, 6.45) is 1.73. The maximum Gasteiger partial charge on any atom is 0.225 e. The van der Waals surface area contributed by atoms with Gasteiger partial charge in [0.15, 0.2) is 0 Å². The van der Waals surface area contributed by atoms with Crippen LogP contribution in [0.15, 0.2) is 30.5 Å². The van der Waals surface area contributed by atoms with Gasteiger partial charge in [0, 0.05) is 38.0 Å². The Balaban J connectivity index is 2.40. The fourth-order valence-electron chi connectivity index (χ4n) is 1.99. The Hall–Kier alpha value is -2.34. The molecule has 21 heavy (non-hydrogen) atoms. The average Bonchev–Trinajstić information content (AvgIpc) is 2.54. The molecule has 0 aliphatic heterocycles. The summed E-state index contributed by atoms with van der Waals surface area (Å²) in [4.78, 5) is 10.7. The number of benzene rings is 1. The predicted octanol–water partition coefficient (Wildman–Crippen LogP) is 1.56. The first-order chi connectivity index (χ1) is 10.2. The van der Waals surface area contributed by atoms with Crippen LogP contribution < -0.4 is 20.1 Å². The van der Waals surface area contributed by atoms with E-state index < -0.39 is 0 Å². The second-order valence-corrected chi connectivity index (χ2v) is 4.52. The number of nitrogens with zero attached hydrogens (tertiary/aromatic N) is 3. The summed E-state index contributed by atoms with van der Waals surface area (Å²) in [5, 5.41) is 0. The van der Waals surface area contributed by atoms with Gasteiger partial charge in [0.2, 0.25) is 5.95 Å². The second kappa shape index (κ2) is 6.90. The Kier molecular flexibility index (Phi) is 4.94. The fourth-order valence-corrected chi connectivity index (χ4v) is 1.99. The Bertz CT molecular complexity index is 604. The van der Waals surface area contributed by atoms with Crippen molar-refractivity contribution >= 4 is 5.95 Å². The van der Waals surface area contributed by atoms with Gasteiger partial charge in [-0.1, -0.05) is 0 Å². The quantitative estimate of drug-likeness (QED) is 0.869. The summed E-state index contributed by atoms with van der Waals surface area (Å²) < 4.78 is 10.6. The highest BCUT2D eigenvalue weighted by atomic mass is 16.5. The topological polar surface area (TPSA) is 73.5 Å². The van der Waals surface area contributed by atoms with Crippen LogP contribution >= 0.6 is 0 Å². The van der Waals surface area contributed by atoms with Crippen molar-refractivity contribution < 1.29 is 9.47 Å². The zero-order chi connectivity index (χ0) is 15.2. The van der Waals surface area contributed by atoms with E-state index in [0.29, 0.717) is 24.8 Å². The van der Waals surface area contributed by atoms with Crippen LogP contribution in [0, 0.1) is 0 Å². The van der Waals surface area contributed by atoms with Gasteiger partial charge in [-0.2, -0.15) is 0 Å². The van der Waals surface area contributed by atoms with E-state index in [4.69, 9.17) is 15.2 Å². The maximum absolute atomic E-state index is 5.56. The number of aromatic nitrogens is 2. The molecule has 0 radical (unpaired) electrons. The molecule has 0 saturated heterocycles. The lowest BCUT2D eigenvalue weighted by atomic mass is 10.1. The molecule has 2 N–H and O–H groups in total. The van der Waals surface area contributed by atoms with Crippen molar-refractivity contribution in [1.82, 2.24) is 9.97 Å². The van der Waals surface area contributed by atoms with E-state index in [1.54, 1.807) is 20.4 Å². The van der Waals surface area contributed by atoms with Gasteiger partial charge < -0.3 is 20.1 Å². The number of nitrogens with two attached hydrogens (primary N) is 1. The van der Waals surface area contributed by atoms with E-state index in [1.165, 1.54) is 0 Å². The highest BCUT2D eigenvalue weighted by Gasteiger charge is 2.11. The van der Waals surface area contributed by atoms with Crippen LogP contribution in [0.25, 0.3) is 11.3 Å². The van der Waals surface area contributed by atoms with Crippen molar-refractivity contribution in [3.63, 3.8) is 0 Å². The molecule has 1 aromatic carbocycles.